The molecular formula is C18H19N3O3S. The molecule has 2 aromatic heterocycles. The van der Waals surface area contributed by atoms with Crippen molar-refractivity contribution in [3.63, 3.8) is 0 Å². The Kier molecular flexibility index (Phi) is 4.94. The number of hydrogen-bond acceptors (Lipinski definition) is 6. The Hall–Kier alpha value is -2.54. The lowest BCUT2D eigenvalue weighted by molar-refractivity contribution is 0.0502. The van der Waals surface area contributed by atoms with Crippen LogP contribution in [-0.4, -0.2) is 27.3 Å². The van der Waals surface area contributed by atoms with Crippen LogP contribution in [0.15, 0.2) is 34.6 Å². The van der Waals surface area contributed by atoms with E-state index in [9.17, 15) is 9.59 Å². The molecule has 0 bridgehead atoms. The highest BCUT2D eigenvalue weighted by atomic mass is 32.1. The monoisotopic (exact) mass is 357 g/mol. The lowest BCUT2D eigenvalue weighted by Crippen LogP contribution is -2.28. The van der Waals surface area contributed by atoms with Crippen molar-refractivity contribution in [3.05, 3.63) is 56.4 Å². The number of rotatable bonds is 5. The number of nitrogens with zero attached hydrogens (tertiary/aromatic N) is 3. The van der Waals surface area contributed by atoms with E-state index >= 15 is 0 Å². The number of ether oxygens (including phenoxy) is 1. The molecule has 2 heterocycles. The van der Waals surface area contributed by atoms with E-state index in [0.717, 1.165) is 10.6 Å². The number of esters is 1. The van der Waals surface area contributed by atoms with Crippen LogP contribution in [0.5, 0.6) is 0 Å². The molecule has 1 aromatic carbocycles. The molecular weight excluding hydrogens is 338 g/mol. The van der Waals surface area contributed by atoms with Crippen molar-refractivity contribution in [1.82, 2.24) is 14.8 Å². The zero-order valence-electron chi connectivity index (χ0n) is 14.4. The summed E-state index contributed by atoms with van der Waals surface area (Å²) in [4.78, 5) is 30.3. The first-order valence-corrected chi connectivity index (χ1v) is 8.94. The topological polar surface area (TPSA) is 74.1 Å². The number of benzene rings is 1. The molecule has 0 aliphatic heterocycles. The lowest BCUT2D eigenvalue weighted by atomic mass is 10.1. The Morgan fingerprint density at radius 3 is 2.64 bits per heavy atom. The van der Waals surface area contributed by atoms with E-state index in [1.807, 2.05) is 20.8 Å². The SMILES string of the molecule is Cc1ncsc1CCOC(=O)c1nn(C(C)C)c(=O)c2ccccc12. The minimum Gasteiger partial charge on any atom is -0.461 e. The summed E-state index contributed by atoms with van der Waals surface area (Å²) in [6, 6.07) is 6.83. The maximum absolute atomic E-state index is 12.5. The lowest BCUT2D eigenvalue weighted by Gasteiger charge is -2.13. The fourth-order valence-corrected chi connectivity index (χ4v) is 3.34. The number of hydrogen-bond donors (Lipinski definition) is 0. The highest BCUT2D eigenvalue weighted by Crippen LogP contribution is 2.17. The van der Waals surface area contributed by atoms with Gasteiger partial charge in [0.15, 0.2) is 5.69 Å². The summed E-state index contributed by atoms with van der Waals surface area (Å²) >= 11 is 1.54. The van der Waals surface area contributed by atoms with Crippen LogP contribution < -0.4 is 5.56 Å². The highest BCUT2D eigenvalue weighted by molar-refractivity contribution is 7.09. The Balaban J connectivity index is 1.89. The van der Waals surface area contributed by atoms with Gasteiger partial charge in [-0.2, -0.15) is 5.10 Å². The van der Waals surface area contributed by atoms with Crippen molar-refractivity contribution in [2.24, 2.45) is 0 Å². The van der Waals surface area contributed by atoms with Gasteiger partial charge in [0.1, 0.15) is 0 Å². The van der Waals surface area contributed by atoms with Gasteiger partial charge in [0.2, 0.25) is 0 Å². The van der Waals surface area contributed by atoms with Crippen molar-refractivity contribution >= 4 is 28.1 Å². The van der Waals surface area contributed by atoms with E-state index in [1.165, 1.54) is 4.68 Å². The number of fused-ring (bicyclic) bond motifs is 1. The molecule has 130 valence electrons. The summed E-state index contributed by atoms with van der Waals surface area (Å²) in [5.74, 6) is -0.521. The predicted octanol–water partition coefficient (Wildman–Crippen LogP) is 3.14. The first-order valence-electron chi connectivity index (χ1n) is 8.06. The van der Waals surface area contributed by atoms with Gasteiger partial charge in [0, 0.05) is 16.7 Å². The van der Waals surface area contributed by atoms with Crippen molar-refractivity contribution in [3.8, 4) is 0 Å². The van der Waals surface area contributed by atoms with Crippen LogP contribution >= 0.6 is 11.3 Å². The molecule has 3 rings (SSSR count). The van der Waals surface area contributed by atoms with Crippen LogP contribution in [0.4, 0.5) is 0 Å². The van der Waals surface area contributed by atoms with Gasteiger partial charge in [-0.15, -0.1) is 11.3 Å². The maximum atomic E-state index is 12.5. The third-order valence-electron chi connectivity index (χ3n) is 3.92. The quantitative estimate of drug-likeness (QED) is 0.656. The van der Waals surface area contributed by atoms with Crippen molar-refractivity contribution < 1.29 is 9.53 Å². The summed E-state index contributed by atoms with van der Waals surface area (Å²) in [5, 5.41) is 5.24. The zero-order valence-corrected chi connectivity index (χ0v) is 15.2. The van der Waals surface area contributed by atoms with Gasteiger partial charge in [-0.3, -0.25) is 4.79 Å². The highest BCUT2D eigenvalue weighted by Gasteiger charge is 2.19. The van der Waals surface area contributed by atoms with Crippen LogP contribution in [0.25, 0.3) is 10.8 Å². The maximum Gasteiger partial charge on any atom is 0.359 e. The molecule has 0 spiro atoms. The molecule has 0 amide bonds. The normalized spacial score (nSPS) is 11.2. The van der Waals surface area contributed by atoms with E-state index in [1.54, 1.807) is 41.1 Å². The molecule has 6 nitrogen and oxygen atoms in total. The minimum absolute atomic E-state index is 0.150. The second-order valence-corrected chi connectivity index (χ2v) is 6.92. The van der Waals surface area contributed by atoms with Crippen LogP contribution in [0.2, 0.25) is 0 Å². The standard InChI is InChI=1S/C18H19N3O3S/c1-11(2)21-17(22)14-7-5-4-6-13(14)16(20-21)18(23)24-9-8-15-12(3)19-10-25-15/h4-7,10-11H,8-9H2,1-3H3. The summed E-state index contributed by atoms with van der Waals surface area (Å²) in [6.45, 7) is 5.88. The Morgan fingerprint density at radius 1 is 1.28 bits per heavy atom. The van der Waals surface area contributed by atoms with Gasteiger partial charge in [0.05, 0.1) is 29.2 Å². The molecule has 0 saturated heterocycles. The molecule has 0 unspecified atom stereocenters. The van der Waals surface area contributed by atoms with E-state index in [-0.39, 0.29) is 23.9 Å². The van der Waals surface area contributed by atoms with Crippen LogP contribution in [0.3, 0.4) is 0 Å². The molecule has 0 aliphatic carbocycles. The van der Waals surface area contributed by atoms with Crippen LogP contribution in [0, 0.1) is 6.92 Å². The Bertz CT molecular complexity index is 975. The summed E-state index contributed by atoms with van der Waals surface area (Å²) in [5.41, 5.74) is 2.70. The van der Waals surface area contributed by atoms with Crippen molar-refractivity contribution in [2.75, 3.05) is 6.61 Å². The minimum atomic E-state index is -0.521. The number of carbonyl (C=O) groups is 1. The zero-order chi connectivity index (χ0) is 18.0. The summed E-state index contributed by atoms with van der Waals surface area (Å²) in [7, 11) is 0. The van der Waals surface area contributed by atoms with Crippen molar-refractivity contribution in [2.45, 2.75) is 33.2 Å². The molecule has 25 heavy (non-hydrogen) atoms. The third kappa shape index (κ3) is 3.46. The van der Waals surface area contributed by atoms with Gasteiger partial charge in [0.25, 0.3) is 5.56 Å². The summed E-state index contributed by atoms with van der Waals surface area (Å²) < 4.78 is 6.73. The van der Waals surface area contributed by atoms with Gasteiger partial charge < -0.3 is 4.74 Å². The molecule has 7 heteroatoms. The first kappa shape index (κ1) is 17.3. The molecule has 3 aromatic rings. The van der Waals surface area contributed by atoms with E-state index in [2.05, 4.69) is 10.1 Å². The van der Waals surface area contributed by atoms with Crippen molar-refractivity contribution in [1.29, 1.82) is 0 Å². The fraction of sp³-hybridized carbons (Fsp3) is 0.333. The fourth-order valence-electron chi connectivity index (χ4n) is 2.58. The van der Waals surface area contributed by atoms with Crippen LogP contribution in [0.1, 0.15) is 40.9 Å². The molecule has 0 aliphatic rings. The largest absolute Gasteiger partial charge is 0.461 e. The number of aromatic nitrogens is 3. The van der Waals surface area contributed by atoms with Gasteiger partial charge in [-0.25, -0.2) is 14.5 Å². The van der Waals surface area contributed by atoms with Gasteiger partial charge in [-0.05, 0) is 26.8 Å². The number of aryl methyl sites for hydroxylation is 1. The summed E-state index contributed by atoms with van der Waals surface area (Å²) in [6.07, 6.45) is 0.615. The second kappa shape index (κ2) is 7.14. The Morgan fingerprint density at radius 2 is 2.00 bits per heavy atom. The number of carbonyl (C=O) groups excluding carboxylic acids is 1. The molecule has 0 fully saturated rings. The van der Waals surface area contributed by atoms with Gasteiger partial charge >= 0.3 is 5.97 Å². The Labute approximate surface area is 149 Å². The van der Waals surface area contributed by atoms with E-state index < -0.39 is 5.97 Å². The second-order valence-electron chi connectivity index (χ2n) is 5.98. The van der Waals surface area contributed by atoms with Gasteiger partial charge in [-0.1, -0.05) is 18.2 Å². The average Bonchev–Trinajstić information content (AvgIpc) is 3.00. The average molecular weight is 357 g/mol. The predicted molar refractivity (Wildman–Crippen MR) is 97.2 cm³/mol. The number of thiazole rings is 1. The first-order chi connectivity index (χ1) is 12.0. The molecule has 0 radical (unpaired) electrons. The third-order valence-corrected chi connectivity index (χ3v) is 4.91. The van der Waals surface area contributed by atoms with E-state index in [0.29, 0.717) is 17.2 Å². The van der Waals surface area contributed by atoms with Crippen LogP contribution in [-0.2, 0) is 11.2 Å². The molecule has 0 atom stereocenters. The van der Waals surface area contributed by atoms with E-state index in [4.69, 9.17) is 4.74 Å². The smallest absolute Gasteiger partial charge is 0.359 e. The molecule has 0 saturated carbocycles. The molecule has 0 N–H and O–H groups in total.